The highest BCUT2D eigenvalue weighted by molar-refractivity contribution is 7.07. The van der Waals surface area contributed by atoms with Gasteiger partial charge in [0.15, 0.2) is 0 Å². The first-order chi connectivity index (χ1) is 8.99. The molecule has 1 heterocycles. The maximum atomic E-state index is 12.0. The molecule has 6 heteroatoms. The molecule has 1 aromatic heterocycles. The number of nitrogens with two attached hydrogens (primary N) is 1. The number of hydrogen-bond donors (Lipinski definition) is 2. The molecule has 0 aliphatic rings. The van der Waals surface area contributed by atoms with Crippen LogP contribution < -0.4 is 15.9 Å². The van der Waals surface area contributed by atoms with Crippen molar-refractivity contribution in [3.63, 3.8) is 0 Å². The van der Waals surface area contributed by atoms with Crippen LogP contribution in [0.15, 0.2) is 28.4 Å². The molecular formula is C13H15N3O2S. The smallest absolute Gasteiger partial charge is 0.307 e. The van der Waals surface area contributed by atoms with Crippen molar-refractivity contribution >= 4 is 28.6 Å². The SMILES string of the molecule is Cc1cccc(N)c1NC(=O)Cn1c(C)csc1=O. The number of carbonyl (C=O) groups is 1. The molecule has 0 aliphatic carbocycles. The van der Waals surface area contributed by atoms with Gasteiger partial charge in [-0.05, 0) is 25.5 Å². The van der Waals surface area contributed by atoms with Crippen molar-refractivity contribution in [1.82, 2.24) is 4.57 Å². The normalized spacial score (nSPS) is 10.4. The molecule has 0 radical (unpaired) electrons. The lowest BCUT2D eigenvalue weighted by Gasteiger charge is -2.11. The fourth-order valence-electron chi connectivity index (χ4n) is 1.78. The molecule has 1 amide bonds. The molecule has 0 fully saturated rings. The van der Waals surface area contributed by atoms with Gasteiger partial charge in [0, 0.05) is 11.1 Å². The zero-order chi connectivity index (χ0) is 14.0. The van der Waals surface area contributed by atoms with E-state index in [-0.39, 0.29) is 17.3 Å². The van der Waals surface area contributed by atoms with E-state index in [2.05, 4.69) is 5.32 Å². The summed E-state index contributed by atoms with van der Waals surface area (Å²) in [5.41, 5.74) is 8.62. The monoisotopic (exact) mass is 277 g/mol. The second kappa shape index (κ2) is 5.27. The maximum absolute atomic E-state index is 12.0. The first kappa shape index (κ1) is 13.4. The van der Waals surface area contributed by atoms with Gasteiger partial charge in [0.1, 0.15) is 6.54 Å². The molecule has 2 rings (SSSR count). The van der Waals surface area contributed by atoms with Gasteiger partial charge in [-0.1, -0.05) is 23.5 Å². The van der Waals surface area contributed by atoms with E-state index in [1.165, 1.54) is 4.57 Å². The lowest BCUT2D eigenvalue weighted by Crippen LogP contribution is -2.25. The number of aryl methyl sites for hydroxylation is 2. The number of nitrogens with zero attached hydrogens (tertiary/aromatic N) is 1. The standard InChI is InChI=1S/C13H15N3O2S/c1-8-4-3-5-10(14)12(8)15-11(17)6-16-9(2)7-19-13(16)18/h3-5,7H,6,14H2,1-2H3,(H,15,17). The average Bonchev–Trinajstić information content (AvgIpc) is 2.66. The highest BCUT2D eigenvalue weighted by atomic mass is 32.1. The molecular weight excluding hydrogens is 262 g/mol. The summed E-state index contributed by atoms with van der Waals surface area (Å²) in [7, 11) is 0. The third-order valence-corrected chi connectivity index (χ3v) is 3.73. The Morgan fingerprint density at radius 1 is 1.42 bits per heavy atom. The lowest BCUT2D eigenvalue weighted by molar-refractivity contribution is -0.116. The van der Waals surface area contributed by atoms with Crippen molar-refractivity contribution in [3.05, 3.63) is 44.5 Å². The summed E-state index contributed by atoms with van der Waals surface area (Å²) in [6.07, 6.45) is 0. The van der Waals surface area contributed by atoms with Crippen molar-refractivity contribution in [2.45, 2.75) is 20.4 Å². The van der Waals surface area contributed by atoms with E-state index in [1.807, 2.05) is 19.1 Å². The summed E-state index contributed by atoms with van der Waals surface area (Å²) in [5, 5.41) is 4.49. The number of carbonyl (C=O) groups excluding carboxylic acids is 1. The van der Waals surface area contributed by atoms with Crippen LogP contribution in [-0.4, -0.2) is 10.5 Å². The predicted octanol–water partition coefficient (Wildman–Crippen LogP) is 1.75. The molecule has 0 saturated carbocycles. The largest absolute Gasteiger partial charge is 0.397 e. The van der Waals surface area contributed by atoms with Crippen LogP contribution >= 0.6 is 11.3 Å². The molecule has 3 N–H and O–H groups in total. The summed E-state index contributed by atoms with van der Waals surface area (Å²) in [6, 6.07) is 5.42. The van der Waals surface area contributed by atoms with Gasteiger partial charge in [-0.25, -0.2) is 0 Å². The quantitative estimate of drug-likeness (QED) is 0.839. The Labute approximate surface area is 114 Å². The second-order valence-corrected chi connectivity index (χ2v) is 5.14. The summed E-state index contributed by atoms with van der Waals surface area (Å²) in [6.45, 7) is 3.67. The van der Waals surface area contributed by atoms with E-state index in [0.29, 0.717) is 11.4 Å². The molecule has 0 spiro atoms. The van der Waals surface area contributed by atoms with Crippen LogP contribution in [-0.2, 0) is 11.3 Å². The van der Waals surface area contributed by atoms with Gasteiger partial charge in [-0.3, -0.25) is 14.2 Å². The van der Waals surface area contributed by atoms with Crippen molar-refractivity contribution in [2.24, 2.45) is 0 Å². The van der Waals surface area contributed by atoms with E-state index in [1.54, 1.807) is 18.4 Å². The van der Waals surface area contributed by atoms with Gasteiger partial charge in [0.25, 0.3) is 0 Å². The van der Waals surface area contributed by atoms with Gasteiger partial charge in [0.05, 0.1) is 11.4 Å². The highest BCUT2D eigenvalue weighted by Crippen LogP contribution is 2.22. The van der Waals surface area contributed by atoms with Crippen LogP contribution in [0, 0.1) is 13.8 Å². The number of aromatic nitrogens is 1. The lowest BCUT2D eigenvalue weighted by atomic mass is 10.1. The molecule has 100 valence electrons. The number of nitrogen functional groups attached to an aromatic ring is 1. The maximum Gasteiger partial charge on any atom is 0.307 e. The number of nitrogens with one attached hydrogen (secondary N) is 1. The highest BCUT2D eigenvalue weighted by Gasteiger charge is 2.11. The molecule has 1 aromatic carbocycles. The van der Waals surface area contributed by atoms with Gasteiger partial charge < -0.3 is 11.1 Å². The van der Waals surface area contributed by atoms with Crippen molar-refractivity contribution in [3.8, 4) is 0 Å². The zero-order valence-corrected chi connectivity index (χ0v) is 11.6. The molecule has 0 bridgehead atoms. The summed E-state index contributed by atoms with van der Waals surface area (Å²) in [4.78, 5) is 23.4. The topological polar surface area (TPSA) is 77.1 Å². The fourth-order valence-corrected chi connectivity index (χ4v) is 2.51. The number of rotatable bonds is 3. The summed E-state index contributed by atoms with van der Waals surface area (Å²) in [5.74, 6) is -0.260. The predicted molar refractivity (Wildman–Crippen MR) is 77.5 cm³/mol. The number of benzene rings is 1. The molecule has 19 heavy (non-hydrogen) atoms. The zero-order valence-electron chi connectivity index (χ0n) is 10.8. The summed E-state index contributed by atoms with van der Waals surface area (Å²) < 4.78 is 1.44. The van der Waals surface area contributed by atoms with Gasteiger partial charge in [-0.2, -0.15) is 0 Å². The van der Waals surface area contributed by atoms with Crippen LogP contribution in [0.2, 0.25) is 0 Å². The van der Waals surface area contributed by atoms with Gasteiger partial charge in [-0.15, -0.1) is 0 Å². The summed E-state index contributed by atoms with van der Waals surface area (Å²) >= 11 is 1.09. The van der Waals surface area contributed by atoms with Crippen molar-refractivity contribution in [1.29, 1.82) is 0 Å². The fraction of sp³-hybridized carbons (Fsp3) is 0.231. The first-order valence-corrected chi connectivity index (χ1v) is 6.67. The molecule has 0 aliphatic heterocycles. The van der Waals surface area contributed by atoms with E-state index in [0.717, 1.165) is 22.6 Å². The van der Waals surface area contributed by atoms with Crippen LogP contribution in [0.1, 0.15) is 11.3 Å². The number of anilines is 2. The Morgan fingerprint density at radius 2 is 2.16 bits per heavy atom. The number of amides is 1. The van der Waals surface area contributed by atoms with Crippen LogP contribution in [0.25, 0.3) is 0 Å². The molecule has 0 atom stereocenters. The Morgan fingerprint density at radius 3 is 2.74 bits per heavy atom. The average molecular weight is 277 g/mol. The van der Waals surface area contributed by atoms with Crippen LogP contribution in [0.3, 0.4) is 0 Å². The second-order valence-electron chi connectivity index (χ2n) is 4.32. The Kier molecular flexibility index (Phi) is 3.71. The minimum absolute atomic E-state index is 0.00193. The third-order valence-electron chi connectivity index (χ3n) is 2.85. The van der Waals surface area contributed by atoms with E-state index in [9.17, 15) is 9.59 Å². The third kappa shape index (κ3) is 2.85. The number of thiazole rings is 1. The Hall–Kier alpha value is -2.08. The number of hydrogen-bond acceptors (Lipinski definition) is 4. The van der Waals surface area contributed by atoms with Gasteiger partial charge in [0.2, 0.25) is 5.91 Å². The van der Waals surface area contributed by atoms with Crippen molar-refractivity contribution in [2.75, 3.05) is 11.1 Å². The number of para-hydroxylation sites is 1. The molecule has 0 unspecified atom stereocenters. The van der Waals surface area contributed by atoms with E-state index < -0.39 is 0 Å². The Bertz CT molecular complexity index is 653. The molecule has 5 nitrogen and oxygen atoms in total. The molecule has 0 saturated heterocycles. The first-order valence-electron chi connectivity index (χ1n) is 5.79. The Balaban J connectivity index is 2.17. The minimum Gasteiger partial charge on any atom is -0.397 e. The van der Waals surface area contributed by atoms with Crippen molar-refractivity contribution < 1.29 is 4.79 Å². The minimum atomic E-state index is -0.260. The van der Waals surface area contributed by atoms with Crippen LogP contribution in [0.5, 0.6) is 0 Å². The van der Waals surface area contributed by atoms with E-state index in [4.69, 9.17) is 5.73 Å². The van der Waals surface area contributed by atoms with Crippen LogP contribution in [0.4, 0.5) is 11.4 Å². The molecule has 2 aromatic rings. The van der Waals surface area contributed by atoms with E-state index >= 15 is 0 Å². The van der Waals surface area contributed by atoms with Gasteiger partial charge >= 0.3 is 4.87 Å².